The van der Waals surface area contributed by atoms with Gasteiger partial charge in [0.1, 0.15) is 17.6 Å². The van der Waals surface area contributed by atoms with E-state index in [9.17, 15) is 0 Å². The number of benzene rings is 1. The SMILES string of the molecule is COc1ccccc1N1CCN(c2ncnc3c(C)[nH]nc23)CC1. The molecule has 1 aliphatic heterocycles. The van der Waals surface area contributed by atoms with Gasteiger partial charge in [0, 0.05) is 26.2 Å². The molecule has 0 unspecified atom stereocenters. The van der Waals surface area contributed by atoms with Gasteiger partial charge in [-0.1, -0.05) is 12.1 Å². The predicted octanol–water partition coefficient (Wildman–Crippen LogP) is 2.00. The van der Waals surface area contributed by atoms with E-state index in [0.29, 0.717) is 0 Å². The van der Waals surface area contributed by atoms with Crippen molar-refractivity contribution in [2.45, 2.75) is 6.92 Å². The lowest BCUT2D eigenvalue weighted by atomic mass is 10.2. The maximum absolute atomic E-state index is 5.48. The molecule has 7 heteroatoms. The van der Waals surface area contributed by atoms with Crippen LogP contribution < -0.4 is 14.5 Å². The molecule has 3 aromatic rings. The summed E-state index contributed by atoms with van der Waals surface area (Å²) in [6.07, 6.45) is 1.62. The van der Waals surface area contributed by atoms with Gasteiger partial charge in [0.25, 0.3) is 0 Å². The highest BCUT2D eigenvalue weighted by molar-refractivity contribution is 5.87. The summed E-state index contributed by atoms with van der Waals surface area (Å²) in [7, 11) is 1.71. The summed E-state index contributed by atoms with van der Waals surface area (Å²) in [5.74, 6) is 1.82. The molecule has 0 saturated carbocycles. The molecule has 1 N–H and O–H groups in total. The highest BCUT2D eigenvalue weighted by Crippen LogP contribution is 2.30. The van der Waals surface area contributed by atoms with Gasteiger partial charge in [-0.2, -0.15) is 5.10 Å². The molecular weight excluding hydrogens is 304 g/mol. The van der Waals surface area contributed by atoms with Gasteiger partial charge in [0.15, 0.2) is 11.3 Å². The van der Waals surface area contributed by atoms with Crippen LogP contribution in [0.15, 0.2) is 30.6 Å². The number of hydrogen-bond donors (Lipinski definition) is 1. The fraction of sp³-hybridized carbons (Fsp3) is 0.353. The van der Waals surface area contributed by atoms with Crippen LogP contribution in [0, 0.1) is 6.92 Å². The number of hydrogen-bond acceptors (Lipinski definition) is 6. The van der Waals surface area contributed by atoms with Crippen molar-refractivity contribution < 1.29 is 4.74 Å². The summed E-state index contributed by atoms with van der Waals surface area (Å²) < 4.78 is 5.48. The fourth-order valence-corrected chi connectivity index (χ4v) is 3.22. The molecule has 0 atom stereocenters. The number of aromatic nitrogens is 4. The number of H-pyrrole nitrogens is 1. The summed E-state index contributed by atoms with van der Waals surface area (Å²) in [5.41, 5.74) is 3.86. The number of aryl methyl sites for hydroxylation is 1. The van der Waals surface area contributed by atoms with Gasteiger partial charge in [-0.3, -0.25) is 5.10 Å². The van der Waals surface area contributed by atoms with E-state index in [1.165, 1.54) is 0 Å². The summed E-state index contributed by atoms with van der Waals surface area (Å²) in [6, 6.07) is 8.15. The molecule has 1 fully saturated rings. The number of nitrogens with one attached hydrogen (secondary N) is 1. The van der Waals surface area contributed by atoms with Crippen LogP contribution in [0.4, 0.5) is 11.5 Å². The number of rotatable bonds is 3. The third kappa shape index (κ3) is 2.42. The van der Waals surface area contributed by atoms with Gasteiger partial charge in [-0.25, -0.2) is 9.97 Å². The summed E-state index contributed by atoms with van der Waals surface area (Å²) in [4.78, 5) is 13.4. The standard InChI is InChI=1S/C17H20N6O/c1-12-15-16(21-20-12)17(19-11-18-15)23-9-7-22(8-10-23)13-5-3-4-6-14(13)24-2/h3-6,11H,7-10H2,1-2H3,(H,20,21). The van der Waals surface area contributed by atoms with Crippen LogP contribution in [0.3, 0.4) is 0 Å². The minimum Gasteiger partial charge on any atom is -0.495 e. The van der Waals surface area contributed by atoms with Crippen LogP contribution in [0.5, 0.6) is 5.75 Å². The smallest absolute Gasteiger partial charge is 0.160 e. The van der Waals surface area contributed by atoms with Crippen LogP contribution in [0.1, 0.15) is 5.69 Å². The molecule has 7 nitrogen and oxygen atoms in total. The maximum Gasteiger partial charge on any atom is 0.160 e. The number of piperazine rings is 1. The van der Waals surface area contributed by atoms with Crippen molar-refractivity contribution in [2.24, 2.45) is 0 Å². The second-order valence-corrected chi connectivity index (χ2v) is 5.89. The highest BCUT2D eigenvalue weighted by atomic mass is 16.5. The number of nitrogens with zero attached hydrogens (tertiary/aromatic N) is 5. The fourth-order valence-electron chi connectivity index (χ4n) is 3.22. The third-order valence-corrected chi connectivity index (χ3v) is 4.50. The molecule has 124 valence electrons. The molecule has 0 spiro atoms. The van der Waals surface area contributed by atoms with E-state index in [-0.39, 0.29) is 0 Å². The lowest BCUT2D eigenvalue weighted by Crippen LogP contribution is -2.47. The zero-order valence-electron chi connectivity index (χ0n) is 13.9. The van der Waals surface area contributed by atoms with Crippen molar-refractivity contribution in [1.82, 2.24) is 20.2 Å². The first-order chi connectivity index (χ1) is 11.8. The molecule has 1 aromatic carbocycles. The highest BCUT2D eigenvalue weighted by Gasteiger charge is 2.23. The summed E-state index contributed by atoms with van der Waals surface area (Å²) >= 11 is 0. The summed E-state index contributed by atoms with van der Waals surface area (Å²) in [6.45, 7) is 5.57. The monoisotopic (exact) mass is 324 g/mol. The molecule has 2 aromatic heterocycles. The van der Waals surface area contributed by atoms with Crippen LogP contribution >= 0.6 is 0 Å². The maximum atomic E-state index is 5.48. The van der Waals surface area contributed by atoms with Gasteiger partial charge in [0.05, 0.1) is 18.5 Å². The van der Waals surface area contributed by atoms with Gasteiger partial charge in [0.2, 0.25) is 0 Å². The Balaban J connectivity index is 1.55. The molecule has 4 rings (SSSR count). The Labute approximate surface area is 140 Å². The number of ether oxygens (including phenoxy) is 1. The number of fused-ring (bicyclic) bond motifs is 1. The van der Waals surface area contributed by atoms with Crippen molar-refractivity contribution >= 4 is 22.5 Å². The zero-order chi connectivity index (χ0) is 16.5. The lowest BCUT2D eigenvalue weighted by Gasteiger charge is -2.37. The first-order valence-electron chi connectivity index (χ1n) is 8.06. The second-order valence-electron chi connectivity index (χ2n) is 5.89. The Morgan fingerprint density at radius 1 is 1.00 bits per heavy atom. The van der Waals surface area contributed by atoms with Crippen molar-refractivity contribution in [2.75, 3.05) is 43.1 Å². The Morgan fingerprint density at radius 3 is 2.54 bits per heavy atom. The molecule has 0 aliphatic carbocycles. The Morgan fingerprint density at radius 2 is 1.75 bits per heavy atom. The molecular formula is C17H20N6O. The van der Waals surface area contributed by atoms with Crippen molar-refractivity contribution in [3.8, 4) is 5.75 Å². The zero-order valence-corrected chi connectivity index (χ0v) is 13.9. The molecule has 1 aliphatic rings. The first-order valence-corrected chi connectivity index (χ1v) is 8.06. The molecule has 1 saturated heterocycles. The average molecular weight is 324 g/mol. The largest absolute Gasteiger partial charge is 0.495 e. The Kier molecular flexibility index (Phi) is 3.68. The van der Waals surface area contributed by atoms with Crippen LogP contribution in [0.25, 0.3) is 11.0 Å². The minimum atomic E-state index is 0.848. The molecule has 3 heterocycles. The second kappa shape index (κ2) is 5.99. The van der Waals surface area contributed by atoms with E-state index in [1.807, 2.05) is 25.1 Å². The Hall–Kier alpha value is -2.83. The van der Waals surface area contributed by atoms with Crippen molar-refractivity contribution in [3.63, 3.8) is 0 Å². The predicted molar refractivity (Wildman–Crippen MR) is 93.8 cm³/mol. The topological polar surface area (TPSA) is 70.2 Å². The Bertz CT molecular complexity index is 853. The van der Waals surface area contributed by atoms with E-state index in [1.54, 1.807) is 13.4 Å². The molecule has 0 amide bonds. The van der Waals surface area contributed by atoms with Crippen molar-refractivity contribution in [3.05, 3.63) is 36.3 Å². The van der Waals surface area contributed by atoms with E-state index in [2.05, 4.69) is 36.0 Å². The van der Waals surface area contributed by atoms with E-state index < -0.39 is 0 Å². The third-order valence-electron chi connectivity index (χ3n) is 4.50. The number of methoxy groups -OCH3 is 1. The number of para-hydroxylation sites is 2. The first kappa shape index (κ1) is 14.7. The number of aromatic amines is 1. The van der Waals surface area contributed by atoms with Gasteiger partial charge in [-0.05, 0) is 19.1 Å². The van der Waals surface area contributed by atoms with Crippen LogP contribution in [-0.4, -0.2) is 53.5 Å². The van der Waals surface area contributed by atoms with Crippen molar-refractivity contribution in [1.29, 1.82) is 0 Å². The molecule has 0 bridgehead atoms. The summed E-state index contributed by atoms with van der Waals surface area (Å²) in [5, 5.41) is 7.37. The normalized spacial score (nSPS) is 15.1. The van der Waals surface area contributed by atoms with Gasteiger partial charge >= 0.3 is 0 Å². The number of anilines is 2. The van der Waals surface area contributed by atoms with Gasteiger partial charge < -0.3 is 14.5 Å². The lowest BCUT2D eigenvalue weighted by molar-refractivity contribution is 0.413. The quantitative estimate of drug-likeness (QED) is 0.794. The molecule has 0 radical (unpaired) electrons. The van der Waals surface area contributed by atoms with Gasteiger partial charge in [-0.15, -0.1) is 0 Å². The minimum absolute atomic E-state index is 0.848. The van der Waals surface area contributed by atoms with Crippen LogP contribution in [0.2, 0.25) is 0 Å². The van der Waals surface area contributed by atoms with E-state index >= 15 is 0 Å². The molecule has 24 heavy (non-hydrogen) atoms. The van der Waals surface area contributed by atoms with Crippen LogP contribution in [-0.2, 0) is 0 Å². The van der Waals surface area contributed by atoms with E-state index in [4.69, 9.17) is 4.74 Å². The average Bonchev–Trinajstić information content (AvgIpc) is 3.03. The van der Waals surface area contributed by atoms with E-state index in [0.717, 1.165) is 60.2 Å².